The van der Waals surface area contributed by atoms with Crippen molar-refractivity contribution in [2.45, 2.75) is 26.9 Å². The second-order valence-corrected chi connectivity index (χ2v) is 5.68. The Balaban J connectivity index is 1.96. The van der Waals surface area contributed by atoms with Crippen LogP contribution in [-0.2, 0) is 9.53 Å². The third-order valence-electron chi connectivity index (χ3n) is 3.73. The molecule has 0 saturated heterocycles. The molecule has 0 bridgehead atoms. The number of nitrogens with one attached hydrogen (secondary N) is 1. The standard InChI is InChI=1S/C20H23NO5/c1-5-25-17-10-8-16(9-11-17)21-19(22)14(3)26-20(23)15-7-6-13(2)18(12-15)24-4/h6-12,14H,5H2,1-4H3,(H,21,22)/t14-/m1/s1. The highest BCUT2D eigenvalue weighted by Gasteiger charge is 2.19. The zero-order chi connectivity index (χ0) is 19.1. The van der Waals surface area contributed by atoms with Crippen molar-refractivity contribution < 1.29 is 23.8 Å². The summed E-state index contributed by atoms with van der Waals surface area (Å²) in [5, 5.41) is 2.70. The third-order valence-corrected chi connectivity index (χ3v) is 3.73. The molecule has 0 aromatic heterocycles. The zero-order valence-electron chi connectivity index (χ0n) is 15.4. The summed E-state index contributed by atoms with van der Waals surface area (Å²) in [6, 6.07) is 12.0. The summed E-state index contributed by atoms with van der Waals surface area (Å²) in [6.07, 6.45) is -0.943. The minimum atomic E-state index is -0.943. The molecule has 0 aliphatic heterocycles. The van der Waals surface area contributed by atoms with Gasteiger partial charge < -0.3 is 19.5 Å². The van der Waals surface area contributed by atoms with Crippen molar-refractivity contribution in [3.8, 4) is 11.5 Å². The van der Waals surface area contributed by atoms with Crippen molar-refractivity contribution in [2.75, 3.05) is 19.0 Å². The first-order valence-corrected chi connectivity index (χ1v) is 8.34. The average molecular weight is 357 g/mol. The van der Waals surface area contributed by atoms with Gasteiger partial charge in [0.1, 0.15) is 11.5 Å². The molecule has 138 valence electrons. The van der Waals surface area contributed by atoms with Crippen LogP contribution in [0.2, 0.25) is 0 Å². The Morgan fingerprint density at radius 1 is 1.12 bits per heavy atom. The van der Waals surface area contributed by atoms with E-state index in [0.717, 1.165) is 11.3 Å². The van der Waals surface area contributed by atoms with Crippen LogP contribution >= 0.6 is 0 Å². The van der Waals surface area contributed by atoms with Crippen LogP contribution < -0.4 is 14.8 Å². The molecule has 0 heterocycles. The predicted octanol–water partition coefficient (Wildman–Crippen LogP) is 3.59. The number of carbonyl (C=O) groups is 2. The van der Waals surface area contributed by atoms with E-state index in [1.165, 1.54) is 14.0 Å². The zero-order valence-corrected chi connectivity index (χ0v) is 15.4. The van der Waals surface area contributed by atoms with Crippen molar-refractivity contribution in [3.63, 3.8) is 0 Å². The van der Waals surface area contributed by atoms with Crippen molar-refractivity contribution >= 4 is 17.6 Å². The number of hydrogen-bond donors (Lipinski definition) is 1. The lowest BCUT2D eigenvalue weighted by Gasteiger charge is -2.14. The molecular formula is C20H23NO5. The molecule has 2 rings (SSSR count). The number of rotatable bonds is 7. The van der Waals surface area contributed by atoms with Gasteiger partial charge in [-0.05, 0) is 62.7 Å². The van der Waals surface area contributed by atoms with E-state index in [1.807, 2.05) is 13.8 Å². The highest BCUT2D eigenvalue weighted by atomic mass is 16.5. The number of methoxy groups -OCH3 is 1. The maximum atomic E-state index is 12.2. The largest absolute Gasteiger partial charge is 0.496 e. The molecule has 6 nitrogen and oxygen atoms in total. The van der Waals surface area contributed by atoms with E-state index >= 15 is 0 Å². The Bertz CT molecular complexity index is 770. The predicted molar refractivity (Wildman–Crippen MR) is 98.8 cm³/mol. The number of anilines is 1. The van der Waals surface area contributed by atoms with E-state index in [9.17, 15) is 9.59 Å². The number of hydrogen-bond acceptors (Lipinski definition) is 5. The minimum absolute atomic E-state index is 0.327. The number of aryl methyl sites for hydroxylation is 1. The summed E-state index contributed by atoms with van der Waals surface area (Å²) < 4.78 is 15.8. The molecule has 0 aliphatic rings. The topological polar surface area (TPSA) is 73.9 Å². The molecule has 2 aromatic rings. The van der Waals surface area contributed by atoms with Gasteiger partial charge in [0.15, 0.2) is 6.10 Å². The number of amides is 1. The molecule has 0 fully saturated rings. The van der Waals surface area contributed by atoms with Crippen molar-refractivity contribution in [3.05, 3.63) is 53.6 Å². The second-order valence-electron chi connectivity index (χ2n) is 5.68. The molecule has 0 saturated carbocycles. The van der Waals surface area contributed by atoms with Gasteiger partial charge in [0.25, 0.3) is 5.91 Å². The quantitative estimate of drug-likeness (QED) is 0.767. The second kappa shape index (κ2) is 8.89. The molecule has 6 heteroatoms. The van der Waals surface area contributed by atoms with E-state index in [2.05, 4.69) is 5.32 Å². The first-order chi connectivity index (χ1) is 12.4. The molecule has 1 amide bonds. The van der Waals surface area contributed by atoms with Crippen LogP contribution in [-0.4, -0.2) is 31.7 Å². The number of benzene rings is 2. The number of ether oxygens (including phenoxy) is 3. The lowest BCUT2D eigenvalue weighted by Crippen LogP contribution is -2.30. The van der Waals surface area contributed by atoms with Crippen molar-refractivity contribution in [1.29, 1.82) is 0 Å². The Morgan fingerprint density at radius 3 is 2.42 bits per heavy atom. The molecule has 0 radical (unpaired) electrons. The Labute approximate surface area is 153 Å². The fourth-order valence-corrected chi connectivity index (χ4v) is 2.27. The van der Waals surface area contributed by atoms with E-state index < -0.39 is 18.0 Å². The van der Waals surface area contributed by atoms with Gasteiger partial charge >= 0.3 is 5.97 Å². The van der Waals surface area contributed by atoms with Gasteiger partial charge in [-0.3, -0.25) is 4.79 Å². The fraction of sp³-hybridized carbons (Fsp3) is 0.300. The maximum absolute atomic E-state index is 12.2. The van der Waals surface area contributed by atoms with Crippen molar-refractivity contribution in [2.24, 2.45) is 0 Å². The lowest BCUT2D eigenvalue weighted by molar-refractivity contribution is -0.123. The van der Waals surface area contributed by atoms with Crippen LogP contribution in [0.3, 0.4) is 0 Å². The van der Waals surface area contributed by atoms with Crippen LogP contribution in [0.15, 0.2) is 42.5 Å². The molecule has 26 heavy (non-hydrogen) atoms. The molecule has 1 N–H and O–H groups in total. The smallest absolute Gasteiger partial charge is 0.339 e. The summed E-state index contributed by atoms with van der Waals surface area (Å²) in [7, 11) is 1.53. The molecule has 0 unspecified atom stereocenters. The van der Waals surface area contributed by atoms with Crippen LogP contribution in [0.1, 0.15) is 29.8 Å². The van der Waals surface area contributed by atoms with E-state index in [1.54, 1.807) is 42.5 Å². The monoisotopic (exact) mass is 357 g/mol. The van der Waals surface area contributed by atoms with Crippen molar-refractivity contribution in [1.82, 2.24) is 0 Å². The minimum Gasteiger partial charge on any atom is -0.496 e. The highest BCUT2D eigenvalue weighted by molar-refractivity contribution is 5.97. The first-order valence-electron chi connectivity index (χ1n) is 8.34. The molecular weight excluding hydrogens is 334 g/mol. The van der Waals surface area contributed by atoms with Crippen LogP contribution in [0.4, 0.5) is 5.69 Å². The maximum Gasteiger partial charge on any atom is 0.339 e. The SMILES string of the molecule is CCOc1ccc(NC(=O)[C@@H](C)OC(=O)c2ccc(C)c(OC)c2)cc1. The van der Waals surface area contributed by atoms with Gasteiger partial charge in [-0.1, -0.05) is 6.07 Å². The highest BCUT2D eigenvalue weighted by Crippen LogP contribution is 2.20. The van der Waals surface area contributed by atoms with E-state index in [4.69, 9.17) is 14.2 Å². The number of carbonyl (C=O) groups excluding carboxylic acids is 2. The fourth-order valence-electron chi connectivity index (χ4n) is 2.27. The summed E-state index contributed by atoms with van der Waals surface area (Å²) in [5.74, 6) is 0.309. The lowest BCUT2D eigenvalue weighted by atomic mass is 10.1. The molecule has 1 atom stereocenters. The summed E-state index contributed by atoms with van der Waals surface area (Å²) in [5.41, 5.74) is 1.83. The Morgan fingerprint density at radius 2 is 1.81 bits per heavy atom. The summed E-state index contributed by atoms with van der Waals surface area (Å²) in [4.78, 5) is 24.5. The van der Waals surface area contributed by atoms with Crippen LogP contribution in [0.5, 0.6) is 11.5 Å². The average Bonchev–Trinajstić information content (AvgIpc) is 2.63. The summed E-state index contributed by atoms with van der Waals surface area (Å²) >= 11 is 0. The van der Waals surface area contributed by atoms with Crippen LogP contribution in [0, 0.1) is 6.92 Å². The molecule has 2 aromatic carbocycles. The van der Waals surface area contributed by atoms with Gasteiger partial charge in [-0.25, -0.2) is 4.79 Å². The van der Waals surface area contributed by atoms with Crippen LogP contribution in [0.25, 0.3) is 0 Å². The molecule has 0 spiro atoms. The summed E-state index contributed by atoms with van der Waals surface area (Å²) in [6.45, 7) is 5.87. The first kappa shape index (κ1) is 19.3. The molecule has 0 aliphatic carbocycles. The normalized spacial score (nSPS) is 11.4. The van der Waals surface area contributed by atoms with E-state index in [-0.39, 0.29) is 0 Å². The van der Waals surface area contributed by atoms with E-state index in [0.29, 0.717) is 23.6 Å². The number of esters is 1. The Kier molecular flexibility index (Phi) is 6.60. The van der Waals surface area contributed by atoms with Gasteiger partial charge in [0.2, 0.25) is 0 Å². The van der Waals surface area contributed by atoms with Gasteiger partial charge in [-0.15, -0.1) is 0 Å². The van der Waals surface area contributed by atoms with Gasteiger partial charge in [-0.2, -0.15) is 0 Å². The Hall–Kier alpha value is -3.02. The van der Waals surface area contributed by atoms with Gasteiger partial charge in [0, 0.05) is 5.69 Å². The van der Waals surface area contributed by atoms with Gasteiger partial charge in [0.05, 0.1) is 19.3 Å². The third kappa shape index (κ3) is 4.99.